The number of aryl methyl sites for hydroxylation is 1. The number of halogens is 1. The summed E-state index contributed by atoms with van der Waals surface area (Å²) in [6.07, 6.45) is 2.34. The van der Waals surface area contributed by atoms with Crippen LogP contribution in [0.4, 0.5) is 0 Å². The fourth-order valence-electron chi connectivity index (χ4n) is 3.00. The summed E-state index contributed by atoms with van der Waals surface area (Å²) in [6, 6.07) is 15.4. The topological polar surface area (TPSA) is 24.9 Å². The molecule has 106 valence electrons. The first-order valence-corrected chi connectivity index (χ1v) is 8.77. The van der Waals surface area contributed by atoms with Gasteiger partial charge in [-0.3, -0.25) is 0 Å². The third kappa shape index (κ3) is 2.63. The maximum atomic E-state index is 4.69. The van der Waals surface area contributed by atoms with Gasteiger partial charge in [0, 0.05) is 17.1 Å². The molecule has 2 aromatic carbocycles. The molecule has 1 aliphatic carbocycles. The van der Waals surface area contributed by atoms with Crippen molar-refractivity contribution in [1.82, 2.24) is 10.3 Å². The van der Waals surface area contributed by atoms with Gasteiger partial charge in [0.15, 0.2) is 0 Å². The van der Waals surface area contributed by atoms with E-state index in [0.717, 1.165) is 18.5 Å². The zero-order chi connectivity index (χ0) is 14.2. The largest absolute Gasteiger partial charge is 0.304 e. The molecule has 1 N–H and O–H groups in total. The lowest BCUT2D eigenvalue weighted by Gasteiger charge is -2.12. The normalized spacial score (nSPS) is 17.3. The Kier molecular flexibility index (Phi) is 3.53. The molecular weight excluding hydrogens is 344 g/mol. The summed E-state index contributed by atoms with van der Waals surface area (Å²) in [4.78, 5) is 4.69. The van der Waals surface area contributed by atoms with Gasteiger partial charge in [-0.1, -0.05) is 34.1 Å². The average molecular weight is 359 g/mol. The fourth-order valence-corrected chi connectivity index (χ4v) is 4.33. The number of aromatic nitrogens is 1. The summed E-state index contributed by atoms with van der Waals surface area (Å²) >= 11 is 5.33. The molecule has 0 aliphatic heterocycles. The van der Waals surface area contributed by atoms with E-state index in [0.29, 0.717) is 6.04 Å². The smallest absolute Gasteiger partial charge is 0.108 e. The molecule has 0 radical (unpaired) electrons. The molecule has 1 unspecified atom stereocenters. The van der Waals surface area contributed by atoms with Crippen LogP contribution < -0.4 is 5.32 Å². The zero-order valence-electron chi connectivity index (χ0n) is 11.5. The molecule has 1 aromatic heterocycles. The molecule has 1 atom stereocenters. The van der Waals surface area contributed by atoms with Crippen LogP contribution in [0.2, 0.25) is 0 Å². The number of benzene rings is 2. The Balaban J connectivity index is 1.51. The maximum Gasteiger partial charge on any atom is 0.108 e. The molecule has 4 heteroatoms. The monoisotopic (exact) mass is 358 g/mol. The number of hydrogen-bond acceptors (Lipinski definition) is 3. The SMILES string of the molecule is Brc1ccc2c(c1)CCC2NCc1nc2ccccc2s1. The highest BCUT2D eigenvalue weighted by Crippen LogP contribution is 2.33. The van der Waals surface area contributed by atoms with E-state index < -0.39 is 0 Å². The van der Waals surface area contributed by atoms with E-state index in [1.54, 1.807) is 11.3 Å². The number of nitrogens with one attached hydrogen (secondary N) is 1. The van der Waals surface area contributed by atoms with Crippen molar-refractivity contribution in [3.63, 3.8) is 0 Å². The molecule has 1 aliphatic rings. The first-order chi connectivity index (χ1) is 10.3. The van der Waals surface area contributed by atoms with Crippen LogP contribution in [-0.2, 0) is 13.0 Å². The Bertz CT molecular complexity index is 763. The predicted molar refractivity (Wildman–Crippen MR) is 91.7 cm³/mol. The molecule has 4 rings (SSSR count). The van der Waals surface area contributed by atoms with Crippen molar-refractivity contribution < 1.29 is 0 Å². The average Bonchev–Trinajstić information content (AvgIpc) is 3.07. The van der Waals surface area contributed by atoms with E-state index >= 15 is 0 Å². The second-order valence-electron chi connectivity index (χ2n) is 5.39. The van der Waals surface area contributed by atoms with Crippen LogP contribution in [0.3, 0.4) is 0 Å². The molecular formula is C17H15BrN2S. The van der Waals surface area contributed by atoms with Crippen LogP contribution >= 0.6 is 27.3 Å². The van der Waals surface area contributed by atoms with E-state index in [9.17, 15) is 0 Å². The Morgan fingerprint density at radius 2 is 2.14 bits per heavy atom. The minimum atomic E-state index is 0.458. The van der Waals surface area contributed by atoms with Gasteiger partial charge in [0.2, 0.25) is 0 Å². The number of thiazole rings is 1. The van der Waals surface area contributed by atoms with Crippen molar-refractivity contribution in [2.45, 2.75) is 25.4 Å². The van der Waals surface area contributed by atoms with E-state index in [-0.39, 0.29) is 0 Å². The lowest BCUT2D eigenvalue weighted by molar-refractivity contribution is 0.529. The first-order valence-electron chi connectivity index (χ1n) is 7.16. The van der Waals surface area contributed by atoms with Gasteiger partial charge in [-0.05, 0) is 48.2 Å². The van der Waals surface area contributed by atoms with Crippen LogP contribution in [0.25, 0.3) is 10.2 Å². The van der Waals surface area contributed by atoms with Gasteiger partial charge in [0.25, 0.3) is 0 Å². The van der Waals surface area contributed by atoms with Crippen molar-refractivity contribution in [3.8, 4) is 0 Å². The van der Waals surface area contributed by atoms with Crippen molar-refractivity contribution in [3.05, 3.63) is 63.1 Å². The van der Waals surface area contributed by atoms with Crippen molar-refractivity contribution >= 4 is 37.5 Å². The number of rotatable bonds is 3. The molecule has 0 bridgehead atoms. The zero-order valence-corrected chi connectivity index (χ0v) is 13.9. The second-order valence-corrected chi connectivity index (χ2v) is 7.42. The lowest BCUT2D eigenvalue weighted by Crippen LogP contribution is -2.18. The highest BCUT2D eigenvalue weighted by molar-refractivity contribution is 9.10. The van der Waals surface area contributed by atoms with Gasteiger partial charge in [-0.15, -0.1) is 11.3 Å². The summed E-state index contributed by atoms with van der Waals surface area (Å²) in [7, 11) is 0. The standard InChI is InChI=1S/C17H15BrN2S/c18-12-6-7-13-11(9-12)5-8-14(13)19-10-17-20-15-3-1-2-4-16(15)21-17/h1-4,6-7,9,14,19H,5,8,10H2. The lowest BCUT2D eigenvalue weighted by atomic mass is 10.1. The quantitative estimate of drug-likeness (QED) is 0.724. The van der Waals surface area contributed by atoms with Crippen LogP contribution in [0.1, 0.15) is 28.6 Å². The summed E-state index contributed by atoms with van der Waals surface area (Å²) in [6.45, 7) is 0.847. The Hall–Kier alpha value is -1.23. The molecule has 0 saturated carbocycles. The summed E-state index contributed by atoms with van der Waals surface area (Å²) in [5.41, 5.74) is 4.01. The highest BCUT2D eigenvalue weighted by atomic mass is 79.9. The van der Waals surface area contributed by atoms with Crippen LogP contribution in [-0.4, -0.2) is 4.98 Å². The predicted octanol–water partition coefficient (Wildman–Crippen LogP) is 4.84. The third-order valence-corrected chi connectivity index (χ3v) is 5.55. The molecule has 0 fully saturated rings. The molecule has 2 nitrogen and oxygen atoms in total. The molecule has 3 aromatic rings. The number of hydrogen-bond donors (Lipinski definition) is 1. The van der Waals surface area contributed by atoms with Crippen molar-refractivity contribution in [2.75, 3.05) is 0 Å². The van der Waals surface area contributed by atoms with Gasteiger partial charge in [-0.25, -0.2) is 4.98 Å². The fraction of sp³-hybridized carbons (Fsp3) is 0.235. The van der Waals surface area contributed by atoms with Gasteiger partial charge >= 0.3 is 0 Å². The van der Waals surface area contributed by atoms with E-state index in [2.05, 4.69) is 57.6 Å². The van der Waals surface area contributed by atoms with Crippen molar-refractivity contribution in [2.24, 2.45) is 0 Å². The number of nitrogens with zero attached hydrogens (tertiary/aromatic N) is 1. The maximum absolute atomic E-state index is 4.69. The van der Waals surface area contributed by atoms with E-state index in [1.807, 2.05) is 6.07 Å². The van der Waals surface area contributed by atoms with E-state index in [1.165, 1.54) is 31.7 Å². The Morgan fingerprint density at radius 1 is 1.24 bits per heavy atom. The summed E-state index contributed by atoms with van der Waals surface area (Å²) in [5.74, 6) is 0. The molecule has 0 saturated heterocycles. The summed E-state index contributed by atoms with van der Waals surface area (Å²) in [5, 5.41) is 4.84. The molecule has 1 heterocycles. The third-order valence-electron chi connectivity index (χ3n) is 4.02. The van der Waals surface area contributed by atoms with Gasteiger partial charge in [0.05, 0.1) is 10.2 Å². The van der Waals surface area contributed by atoms with E-state index in [4.69, 9.17) is 4.98 Å². The second kappa shape index (κ2) is 5.52. The van der Waals surface area contributed by atoms with Crippen LogP contribution in [0.15, 0.2) is 46.9 Å². The first kappa shape index (κ1) is 13.4. The number of para-hydroxylation sites is 1. The summed E-state index contributed by atoms with van der Waals surface area (Å²) < 4.78 is 2.44. The minimum Gasteiger partial charge on any atom is -0.304 e. The number of fused-ring (bicyclic) bond motifs is 2. The van der Waals surface area contributed by atoms with Crippen LogP contribution in [0, 0.1) is 0 Å². The molecule has 0 amide bonds. The van der Waals surface area contributed by atoms with Gasteiger partial charge in [-0.2, -0.15) is 0 Å². The Labute approximate surface area is 136 Å². The van der Waals surface area contributed by atoms with Gasteiger partial charge < -0.3 is 5.32 Å². The molecule has 21 heavy (non-hydrogen) atoms. The highest BCUT2D eigenvalue weighted by Gasteiger charge is 2.22. The Morgan fingerprint density at radius 3 is 3.05 bits per heavy atom. The van der Waals surface area contributed by atoms with Crippen LogP contribution in [0.5, 0.6) is 0 Å². The van der Waals surface area contributed by atoms with Gasteiger partial charge in [0.1, 0.15) is 5.01 Å². The van der Waals surface area contributed by atoms with Crippen molar-refractivity contribution in [1.29, 1.82) is 0 Å². The minimum absolute atomic E-state index is 0.458. The molecule has 0 spiro atoms.